The zero-order chi connectivity index (χ0) is 19.7. The van der Waals surface area contributed by atoms with E-state index in [9.17, 15) is 17.6 Å². The van der Waals surface area contributed by atoms with Crippen molar-refractivity contribution < 1.29 is 22.0 Å². The molecule has 0 bridgehead atoms. The van der Waals surface area contributed by atoms with Crippen LogP contribution in [-0.4, -0.2) is 20.9 Å². The summed E-state index contributed by atoms with van der Waals surface area (Å²) in [6.45, 7) is 0.338. The molecule has 1 aliphatic heterocycles. The van der Waals surface area contributed by atoms with Crippen LogP contribution in [0.4, 0.5) is 15.8 Å². The standard InChI is InChI=1S/C20H17FN2O4S/c21-15-5-8-17(9-6-15)28(25,26)23-11-1-3-14-13-16(7-10-18(14)23)22-20(24)19-4-2-12-27-19/h2,4-10,12-13H,1,3,11H2,(H,22,24). The van der Waals surface area contributed by atoms with Crippen LogP contribution in [-0.2, 0) is 16.4 Å². The van der Waals surface area contributed by atoms with E-state index in [0.717, 1.165) is 17.7 Å². The summed E-state index contributed by atoms with van der Waals surface area (Å²) in [4.78, 5) is 12.2. The van der Waals surface area contributed by atoms with Crippen molar-refractivity contribution in [1.82, 2.24) is 0 Å². The van der Waals surface area contributed by atoms with Crippen LogP contribution in [0.3, 0.4) is 0 Å². The first-order valence-corrected chi connectivity index (χ1v) is 10.2. The van der Waals surface area contributed by atoms with Crippen molar-refractivity contribution in [2.75, 3.05) is 16.2 Å². The van der Waals surface area contributed by atoms with Crippen molar-refractivity contribution in [2.45, 2.75) is 17.7 Å². The number of sulfonamides is 1. The molecule has 28 heavy (non-hydrogen) atoms. The molecule has 3 aromatic rings. The Hall–Kier alpha value is -3.13. The predicted octanol–water partition coefficient (Wildman–Crippen LogP) is 3.81. The Morgan fingerprint density at radius 2 is 1.89 bits per heavy atom. The summed E-state index contributed by atoms with van der Waals surface area (Å²) >= 11 is 0. The maximum absolute atomic E-state index is 13.2. The van der Waals surface area contributed by atoms with Gasteiger partial charge in [-0.3, -0.25) is 9.10 Å². The molecule has 0 saturated carbocycles. The topological polar surface area (TPSA) is 79.6 Å². The van der Waals surface area contributed by atoms with Crippen molar-refractivity contribution in [1.29, 1.82) is 0 Å². The Kier molecular flexibility index (Phi) is 4.64. The average molecular weight is 400 g/mol. The molecule has 1 aliphatic rings. The number of carbonyl (C=O) groups is 1. The van der Waals surface area contributed by atoms with Gasteiger partial charge in [0.25, 0.3) is 15.9 Å². The maximum Gasteiger partial charge on any atom is 0.291 e. The number of anilines is 2. The van der Waals surface area contributed by atoms with Crippen LogP contribution in [0.25, 0.3) is 0 Å². The van der Waals surface area contributed by atoms with Crippen LogP contribution in [0.15, 0.2) is 70.2 Å². The summed E-state index contributed by atoms with van der Waals surface area (Å²) in [6, 6.07) is 13.1. The first-order chi connectivity index (χ1) is 13.4. The van der Waals surface area contributed by atoms with Crippen molar-refractivity contribution in [3.05, 3.63) is 78.0 Å². The van der Waals surface area contributed by atoms with Crippen molar-refractivity contribution in [2.24, 2.45) is 0 Å². The molecule has 4 rings (SSSR count). The Morgan fingerprint density at radius 1 is 1.11 bits per heavy atom. The summed E-state index contributed by atoms with van der Waals surface area (Å²) in [6.07, 6.45) is 2.75. The molecule has 2 heterocycles. The Morgan fingerprint density at radius 3 is 2.61 bits per heavy atom. The number of aryl methyl sites for hydroxylation is 1. The van der Waals surface area contributed by atoms with E-state index in [-0.39, 0.29) is 16.6 Å². The van der Waals surface area contributed by atoms with Crippen molar-refractivity contribution in [3.8, 4) is 0 Å². The van der Waals surface area contributed by atoms with Crippen LogP contribution in [0.1, 0.15) is 22.5 Å². The molecule has 1 amide bonds. The Balaban J connectivity index is 1.63. The highest BCUT2D eigenvalue weighted by molar-refractivity contribution is 7.92. The second-order valence-electron chi connectivity index (χ2n) is 6.41. The second-order valence-corrected chi connectivity index (χ2v) is 8.27. The lowest BCUT2D eigenvalue weighted by Gasteiger charge is -2.30. The molecule has 0 saturated heterocycles. The van der Waals surface area contributed by atoms with Gasteiger partial charge in [0.15, 0.2) is 5.76 Å². The number of benzene rings is 2. The molecule has 0 aliphatic carbocycles. The average Bonchev–Trinajstić information content (AvgIpc) is 3.22. The number of fused-ring (bicyclic) bond motifs is 1. The van der Waals surface area contributed by atoms with E-state index in [1.807, 2.05) is 0 Å². The van der Waals surface area contributed by atoms with Gasteiger partial charge in [-0.05, 0) is 73.0 Å². The molecule has 0 spiro atoms. The molecule has 8 heteroatoms. The second kappa shape index (κ2) is 7.12. The largest absolute Gasteiger partial charge is 0.459 e. The first-order valence-electron chi connectivity index (χ1n) is 8.71. The van der Waals surface area contributed by atoms with Crippen molar-refractivity contribution >= 4 is 27.3 Å². The number of hydrogen-bond acceptors (Lipinski definition) is 4. The van der Waals surface area contributed by atoms with Gasteiger partial charge >= 0.3 is 0 Å². The summed E-state index contributed by atoms with van der Waals surface area (Å²) in [7, 11) is -3.80. The SMILES string of the molecule is O=C(Nc1ccc2c(c1)CCCN2S(=O)(=O)c1ccc(F)cc1)c1ccco1. The fourth-order valence-electron chi connectivity index (χ4n) is 3.22. The normalized spacial score (nSPS) is 13.8. The summed E-state index contributed by atoms with van der Waals surface area (Å²) < 4.78 is 45.6. The highest BCUT2D eigenvalue weighted by Gasteiger charge is 2.29. The summed E-state index contributed by atoms with van der Waals surface area (Å²) in [5.41, 5.74) is 1.93. The zero-order valence-electron chi connectivity index (χ0n) is 14.8. The first kappa shape index (κ1) is 18.2. The summed E-state index contributed by atoms with van der Waals surface area (Å²) in [5.74, 6) is -0.676. The van der Waals surface area contributed by atoms with Crippen LogP contribution in [0.5, 0.6) is 0 Å². The van der Waals surface area contributed by atoms with Gasteiger partial charge in [-0.1, -0.05) is 0 Å². The lowest BCUT2D eigenvalue weighted by atomic mass is 10.0. The van der Waals surface area contributed by atoms with E-state index in [1.165, 1.54) is 22.7 Å². The lowest BCUT2D eigenvalue weighted by molar-refractivity contribution is 0.0996. The minimum absolute atomic E-state index is 0.0388. The molecule has 0 radical (unpaired) electrons. The maximum atomic E-state index is 13.2. The van der Waals surface area contributed by atoms with Crippen LogP contribution in [0, 0.1) is 5.82 Å². The number of furan rings is 1. The molecule has 1 aromatic heterocycles. The van der Waals surface area contributed by atoms with E-state index in [1.54, 1.807) is 30.3 Å². The smallest absolute Gasteiger partial charge is 0.291 e. The Labute approximate surface area is 161 Å². The molecule has 2 aromatic carbocycles. The van der Waals surface area contributed by atoms with Crippen LogP contribution < -0.4 is 9.62 Å². The molecule has 0 fully saturated rings. The minimum atomic E-state index is -3.80. The molecular formula is C20H17FN2O4S. The highest BCUT2D eigenvalue weighted by Crippen LogP contribution is 2.34. The van der Waals surface area contributed by atoms with Gasteiger partial charge in [-0.15, -0.1) is 0 Å². The van der Waals surface area contributed by atoms with Gasteiger partial charge in [-0.25, -0.2) is 12.8 Å². The third-order valence-electron chi connectivity index (χ3n) is 4.56. The Bertz CT molecular complexity index is 1110. The quantitative estimate of drug-likeness (QED) is 0.722. The third-order valence-corrected chi connectivity index (χ3v) is 6.39. The van der Waals surface area contributed by atoms with E-state index in [2.05, 4.69) is 5.32 Å². The number of nitrogens with one attached hydrogen (secondary N) is 1. The third kappa shape index (κ3) is 3.38. The van der Waals surface area contributed by atoms with E-state index < -0.39 is 15.8 Å². The lowest BCUT2D eigenvalue weighted by Crippen LogP contribution is -2.35. The van der Waals surface area contributed by atoms with Gasteiger partial charge in [0.2, 0.25) is 0 Å². The molecular weight excluding hydrogens is 383 g/mol. The van der Waals surface area contributed by atoms with Gasteiger partial charge in [0, 0.05) is 12.2 Å². The van der Waals surface area contributed by atoms with E-state index >= 15 is 0 Å². The molecule has 0 atom stereocenters. The number of nitrogens with zero attached hydrogens (tertiary/aromatic N) is 1. The van der Waals surface area contributed by atoms with Gasteiger partial charge in [0.1, 0.15) is 5.82 Å². The van der Waals surface area contributed by atoms with Gasteiger partial charge < -0.3 is 9.73 Å². The molecule has 144 valence electrons. The predicted molar refractivity (Wildman–Crippen MR) is 102 cm³/mol. The number of rotatable bonds is 4. The number of amides is 1. The van der Waals surface area contributed by atoms with E-state index in [0.29, 0.717) is 30.8 Å². The fraction of sp³-hybridized carbons (Fsp3) is 0.150. The van der Waals surface area contributed by atoms with Gasteiger partial charge in [0.05, 0.1) is 16.8 Å². The molecule has 0 unspecified atom stereocenters. The number of halogens is 1. The van der Waals surface area contributed by atoms with E-state index in [4.69, 9.17) is 4.42 Å². The minimum Gasteiger partial charge on any atom is -0.459 e. The number of hydrogen-bond donors (Lipinski definition) is 1. The molecule has 1 N–H and O–H groups in total. The van der Waals surface area contributed by atoms with Crippen molar-refractivity contribution in [3.63, 3.8) is 0 Å². The number of carbonyl (C=O) groups excluding carboxylic acids is 1. The zero-order valence-corrected chi connectivity index (χ0v) is 15.6. The van der Waals surface area contributed by atoms with Gasteiger partial charge in [-0.2, -0.15) is 0 Å². The monoisotopic (exact) mass is 400 g/mol. The fourth-order valence-corrected chi connectivity index (χ4v) is 4.77. The molecule has 6 nitrogen and oxygen atoms in total. The van der Waals surface area contributed by atoms with Crippen LogP contribution >= 0.6 is 0 Å². The van der Waals surface area contributed by atoms with Crippen LogP contribution in [0.2, 0.25) is 0 Å². The highest BCUT2D eigenvalue weighted by atomic mass is 32.2. The summed E-state index contributed by atoms with van der Waals surface area (Å²) in [5, 5.41) is 2.74.